The first-order valence-corrected chi connectivity index (χ1v) is 13.9. The van der Waals surface area contributed by atoms with Crippen LogP contribution >= 0.6 is 22.7 Å². The molecular weight excluding hydrogens is 649 g/mol. The molecule has 0 saturated heterocycles. The topological polar surface area (TPSA) is 32.5 Å². The molecule has 45 heavy (non-hydrogen) atoms. The third-order valence-corrected chi connectivity index (χ3v) is 8.91. The molecule has 0 aliphatic heterocycles. The largest absolute Gasteiger partial charge is 0.271 e. The zero-order valence-electron chi connectivity index (χ0n) is 21.5. The number of nitrogens with zero attached hydrogens (tertiary/aromatic N) is 3. The molecule has 14 heteroatoms. The number of fused-ring (bicyclic) bond motifs is 3. The summed E-state index contributed by atoms with van der Waals surface area (Å²) in [6, 6.07) is 5.32. The molecule has 0 amide bonds. The van der Waals surface area contributed by atoms with E-state index in [0.717, 1.165) is 22.7 Å². The second kappa shape index (κ2) is 10.7. The van der Waals surface area contributed by atoms with E-state index >= 15 is 22.0 Å². The summed E-state index contributed by atoms with van der Waals surface area (Å²) in [6.07, 6.45) is 0. The van der Waals surface area contributed by atoms with E-state index in [1.807, 2.05) is 0 Å². The van der Waals surface area contributed by atoms with Crippen molar-refractivity contribution in [2.75, 3.05) is 0 Å². The first-order chi connectivity index (χ1) is 21.5. The molecule has 0 N–H and O–H groups in total. The van der Waals surface area contributed by atoms with E-state index in [4.69, 9.17) is 13.1 Å². The highest BCUT2D eigenvalue weighted by Gasteiger charge is 2.33. The molecule has 0 aliphatic rings. The summed E-state index contributed by atoms with van der Waals surface area (Å²) in [4.78, 5) is 6.07. The Kier molecular flexibility index (Phi) is 7.04. The molecule has 0 atom stereocenters. The summed E-state index contributed by atoms with van der Waals surface area (Å²) in [5, 5.41) is 8.71. The highest BCUT2D eigenvalue weighted by Crippen LogP contribution is 2.40. The molecule has 0 radical (unpaired) electrons. The highest BCUT2D eigenvalue weighted by atomic mass is 32.1. The van der Waals surface area contributed by atoms with Gasteiger partial charge in [-0.2, -0.15) is 0 Å². The predicted octanol–water partition coefficient (Wildman–Crippen LogP) is 8.87. The van der Waals surface area contributed by atoms with E-state index in [9.17, 15) is 22.8 Å². The zero-order chi connectivity index (χ0) is 32.5. The summed E-state index contributed by atoms with van der Waals surface area (Å²) in [7, 11) is 0. The van der Waals surface area contributed by atoms with Crippen LogP contribution in [0.4, 0.5) is 45.2 Å². The molecule has 6 rings (SSSR count). The predicted molar refractivity (Wildman–Crippen MR) is 150 cm³/mol. The van der Waals surface area contributed by atoms with Gasteiger partial charge in [-0.25, -0.2) is 54.5 Å². The molecule has 3 nitrogen and oxygen atoms in total. The Morgan fingerprint density at radius 3 is 1.76 bits per heavy atom. The lowest BCUT2D eigenvalue weighted by Gasteiger charge is -2.17. The quantitative estimate of drug-likeness (QED) is 0.0794. The van der Waals surface area contributed by atoms with E-state index in [-0.39, 0.29) is 36.3 Å². The molecule has 4 aromatic carbocycles. The van der Waals surface area contributed by atoms with Crippen LogP contribution in [0, 0.1) is 76.8 Å². The molecule has 0 unspecified atom stereocenters. The average molecular weight is 656 g/mol. The number of nitriles is 1. The van der Waals surface area contributed by atoms with Gasteiger partial charge in [-0.1, -0.05) is 0 Å². The monoisotopic (exact) mass is 655 g/mol. The number of halogens is 9. The minimum Gasteiger partial charge on any atom is -0.235 e. The summed E-state index contributed by atoms with van der Waals surface area (Å²) < 4.78 is 137. The van der Waals surface area contributed by atoms with Gasteiger partial charge in [0, 0.05) is 36.4 Å². The number of hydrogen-bond donors (Lipinski definition) is 0. The Bertz CT molecular complexity index is 2510. The normalized spacial score (nSPS) is 12.8. The lowest BCUT2D eigenvalue weighted by molar-refractivity contribution is 0.411. The average Bonchev–Trinajstić information content (AvgIpc) is 3.71. The van der Waals surface area contributed by atoms with Crippen LogP contribution in [0.25, 0.3) is 51.9 Å². The zero-order valence-corrected chi connectivity index (χ0v) is 23.2. The first kappa shape index (κ1) is 29.7. The maximum Gasteiger partial charge on any atom is 0.271 e. The Balaban J connectivity index is 2.03. The van der Waals surface area contributed by atoms with Crippen molar-refractivity contribution in [3.8, 4) is 6.07 Å². The van der Waals surface area contributed by atoms with Crippen molar-refractivity contribution in [2.45, 2.75) is 0 Å². The molecule has 6 aromatic rings. The van der Waals surface area contributed by atoms with Gasteiger partial charge < -0.3 is 0 Å². The van der Waals surface area contributed by atoms with Crippen LogP contribution in [0.15, 0.2) is 35.0 Å². The third kappa shape index (κ3) is 4.09. The van der Waals surface area contributed by atoms with Crippen LogP contribution < -0.4 is 10.4 Å². The number of rotatable bonds is 2. The van der Waals surface area contributed by atoms with Gasteiger partial charge in [-0.15, -0.1) is 22.7 Å². The molecule has 0 bridgehead atoms. The second-order valence-corrected chi connectivity index (χ2v) is 11.1. The number of benzene rings is 4. The molecule has 220 valence electrons. The number of thiophene rings is 2. The van der Waals surface area contributed by atoms with Crippen LogP contribution in [-0.2, 0) is 0 Å². The van der Waals surface area contributed by atoms with Crippen molar-refractivity contribution in [1.82, 2.24) is 0 Å². The molecule has 2 aromatic heterocycles. The SMILES string of the molecule is [C-]#[N+]/C(C#N)=c1/c2ccsc2/c(=C(/c2cc(F)c([N+]#[C-])cc2F)c2c(F)c(F)c3c(F)c(F)c(F)c(F)c3c2F)c2ccsc12. The fraction of sp³-hybridized carbons (Fsp3) is 0. The van der Waals surface area contributed by atoms with E-state index in [1.165, 1.54) is 22.9 Å². The van der Waals surface area contributed by atoms with Crippen molar-refractivity contribution in [1.29, 1.82) is 5.26 Å². The molecule has 0 saturated carbocycles. The molecule has 2 heterocycles. The molecule has 0 aliphatic carbocycles. The van der Waals surface area contributed by atoms with Gasteiger partial charge in [-0.05, 0) is 40.4 Å². The van der Waals surface area contributed by atoms with Gasteiger partial charge in [0.2, 0.25) is 5.69 Å². The van der Waals surface area contributed by atoms with Crippen LogP contribution in [0.2, 0.25) is 0 Å². The smallest absolute Gasteiger partial charge is 0.235 e. The van der Waals surface area contributed by atoms with E-state index in [2.05, 4.69) is 9.69 Å². The van der Waals surface area contributed by atoms with Crippen LogP contribution in [0.3, 0.4) is 0 Å². The van der Waals surface area contributed by atoms with Crippen molar-refractivity contribution in [2.24, 2.45) is 0 Å². The maximum absolute atomic E-state index is 16.4. The van der Waals surface area contributed by atoms with E-state index < -0.39 is 85.5 Å². The molecular formula is C31H6F9N3S2. The fourth-order valence-electron chi connectivity index (χ4n) is 5.18. The summed E-state index contributed by atoms with van der Waals surface area (Å²) in [5.41, 5.74) is -4.75. The van der Waals surface area contributed by atoms with Gasteiger partial charge in [0.15, 0.2) is 34.9 Å². The standard InChI is InChI=1S/C31H6F9N3S2/c1-42-15-8-13(32)12(7-14(15)33)18(20-23(34)21-22(25(36)24(20)35)27(38)29(40)28(39)26(21)37)19-11-4-6-44-30(11)17(16(9-41)43-2)10-3-5-45-31(10)19/h3-8H/b17-16-,19-18-. The van der Waals surface area contributed by atoms with Crippen molar-refractivity contribution in [3.05, 3.63) is 132 Å². The van der Waals surface area contributed by atoms with Crippen LogP contribution in [-0.4, -0.2) is 0 Å². The van der Waals surface area contributed by atoms with Gasteiger partial charge in [0.25, 0.3) is 5.70 Å². The minimum absolute atomic E-state index is 0.00154. The Labute approximate surface area is 252 Å². The second-order valence-electron chi connectivity index (χ2n) is 9.24. The van der Waals surface area contributed by atoms with Gasteiger partial charge in [-0.3, -0.25) is 0 Å². The lowest BCUT2D eigenvalue weighted by atomic mass is 9.89. The summed E-state index contributed by atoms with van der Waals surface area (Å²) in [5.74, 6) is -19.6. The van der Waals surface area contributed by atoms with Gasteiger partial charge in [0.1, 0.15) is 17.5 Å². The molecule has 0 spiro atoms. The first-order valence-electron chi connectivity index (χ1n) is 12.1. The third-order valence-electron chi connectivity index (χ3n) is 7.04. The lowest BCUT2D eigenvalue weighted by Crippen LogP contribution is -2.19. The summed E-state index contributed by atoms with van der Waals surface area (Å²) in [6.45, 7) is 14.5. The van der Waals surface area contributed by atoms with Crippen LogP contribution in [0.1, 0.15) is 11.1 Å². The molecule has 0 fully saturated rings. The minimum atomic E-state index is -2.54. The maximum atomic E-state index is 16.4. The Morgan fingerprint density at radius 2 is 1.20 bits per heavy atom. The van der Waals surface area contributed by atoms with Gasteiger partial charge in [0.05, 0.1) is 35.5 Å². The Morgan fingerprint density at radius 1 is 0.667 bits per heavy atom. The van der Waals surface area contributed by atoms with E-state index in [1.54, 1.807) is 6.07 Å². The van der Waals surface area contributed by atoms with E-state index in [0.29, 0.717) is 12.1 Å². The van der Waals surface area contributed by atoms with Gasteiger partial charge >= 0.3 is 0 Å². The Hall–Kier alpha value is -5.36. The number of hydrogen-bond acceptors (Lipinski definition) is 3. The van der Waals surface area contributed by atoms with Crippen LogP contribution in [0.5, 0.6) is 0 Å². The fourth-order valence-corrected chi connectivity index (χ4v) is 7.11. The highest BCUT2D eigenvalue weighted by molar-refractivity contribution is 7.18. The van der Waals surface area contributed by atoms with Crippen molar-refractivity contribution in [3.63, 3.8) is 0 Å². The van der Waals surface area contributed by atoms with Crippen molar-refractivity contribution >= 4 is 70.6 Å². The summed E-state index contributed by atoms with van der Waals surface area (Å²) >= 11 is 1.82. The van der Waals surface area contributed by atoms with Crippen molar-refractivity contribution < 1.29 is 39.5 Å².